The predicted octanol–water partition coefficient (Wildman–Crippen LogP) is 3.05. The largest absolute Gasteiger partial charge is 0.271 e. The lowest BCUT2D eigenvalue weighted by atomic mass is 10.0. The van der Waals surface area contributed by atoms with Crippen LogP contribution in [0.5, 0.6) is 0 Å². The van der Waals surface area contributed by atoms with Crippen LogP contribution in [0.15, 0.2) is 28.7 Å². The first-order chi connectivity index (χ1) is 10.1. The van der Waals surface area contributed by atoms with Gasteiger partial charge in [0.05, 0.1) is 21.9 Å². The van der Waals surface area contributed by atoms with Crippen LogP contribution in [-0.4, -0.2) is 9.78 Å². The van der Waals surface area contributed by atoms with Gasteiger partial charge in [-0.1, -0.05) is 38.1 Å². The molecule has 0 radical (unpaired) electrons. The van der Waals surface area contributed by atoms with E-state index >= 15 is 0 Å². The molecule has 1 aromatic heterocycles. The highest BCUT2D eigenvalue weighted by Crippen LogP contribution is 2.26. The average Bonchev–Trinajstić information content (AvgIpc) is 2.79. The second-order valence-electron chi connectivity index (χ2n) is 5.20. The maximum Gasteiger partial charge on any atom is 0.0766 e. The number of nitrogens with two attached hydrogens (primary N) is 1. The van der Waals surface area contributed by atoms with Crippen LogP contribution in [0.2, 0.25) is 0 Å². The Morgan fingerprint density at radius 2 is 1.90 bits per heavy atom. The van der Waals surface area contributed by atoms with E-state index in [1.807, 2.05) is 11.7 Å². The summed E-state index contributed by atoms with van der Waals surface area (Å²) in [5, 5.41) is 4.54. The smallest absolute Gasteiger partial charge is 0.0766 e. The summed E-state index contributed by atoms with van der Waals surface area (Å²) in [7, 11) is 1.98. The van der Waals surface area contributed by atoms with Crippen molar-refractivity contribution in [1.29, 1.82) is 0 Å². The van der Waals surface area contributed by atoms with Gasteiger partial charge in [0.15, 0.2) is 0 Å². The van der Waals surface area contributed by atoms with Crippen LogP contribution >= 0.6 is 15.9 Å². The van der Waals surface area contributed by atoms with Crippen molar-refractivity contribution in [2.24, 2.45) is 12.9 Å². The third-order valence-corrected chi connectivity index (χ3v) is 4.81. The number of aryl methyl sites for hydroxylation is 3. The van der Waals surface area contributed by atoms with E-state index in [4.69, 9.17) is 5.84 Å². The van der Waals surface area contributed by atoms with Gasteiger partial charge in [-0.15, -0.1) is 0 Å². The summed E-state index contributed by atoms with van der Waals surface area (Å²) < 4.78 is 3.03. The van der Waals surface area contributed by atoms with Crippen molar-refractivity contribution in [1.82, 2.24) is 15.2 Å². The Morgan fingerprint density at radius 1 is 1.24 bits per heavy atom. The molecular weight excluding hydrogens is 328 g/mol. The third kappa shape index (κ3) is 3.54. The standard InChI is InChI=1S/C16H23BrN4/c1-4-11-6-8-12(9-7-11)14(19-18)10-15-16(17)13(5-2)20-21(15)3/h6-9,14,19H,4-5,10,18H2,1-3H3. The van der Waals surface area contributed by atoms with Gasteiger partial charge in [0, 0.05) is 13.5 Å². The number of aromatic nitrogens is 2. The van der Waals surface area contributed by atoms with Crippen molar-refractivity contribution >= 4 is 15.9 Å². The van der Waals surface area contributed by atoms with Crippen molar-refractivity contribution in [2.45, 2.75) is 39.2 Å². The van der Waals surface area contributed by atoms with Crippen molar-refractivity contribution in [3.63, 3.8) is 0 Å². The van der Waals surface area contributed by atoms with E-state index in [1.54, 1.807) is 0 Å². The Kier molecular flexibility index (Phi) is 5.56. The van der Waals surface area contributed by atoms with Gasteiger partial charge < -0.3 is 0 Å². The number of benzene rings is 1. The van der Waals surface area contributed by atoms with Crippen LogP contribution in [0.4, 0.5) is 0 Å². The van der Waals surface area contributed by atoms with Gasteiger partial charge in [-0.25, -0.2) is 0 Å². The fourth-order valence-electron chi connectivity index (χ4n) is 2.49. The molecule has 4 nitrogen and oxygen atoms in total. The first kappa shape index (κ1) is 16.2. The molecule has 2 rings (SSSR count). The normalized spacial score (nSPS) is 12.6. The highest BCUT2D eigenvalue weighted by atomic mass is 79.9. The minimum absolute atomic E-state index is 0.0762. The fraction of sp³-hybridized carbons (Fsp3) is 0.438. The van der Waals surface area contributed by atoms with Crippen molar-refractivity contribution in [3.05, 3.63) is 51.3 Å². The topological polar surface area (TPSA) is 55.9 Å². The summed E-state index contributed by atoms with van der Waals surface area (Å²) in [6, 6.07) is 8.69. The van der Waals surface area contributed by atoms with E-state index in [9.17, 15) is 0 Å². The van der Waals surface area contributed by atoms with Gasteiger partial charge in [0.25, 0.3) is 0 Å². The number of hydrazine groups is 1. The van der Waals surface area contributed by atoms with E-state index in [0.717, 1.165) is 35.1 Å². The zero-order chi connectivity index (χ0) is 15.4. The third-order valence-electron chi connectivity index (χ3n) is 3.89. The molecule has 0 amide bonds. The lowest BCUT2D eigenvalue weighted by Gasteiger charge is -2.17. The molecule has 0 aliphatic heterocycles. The quantitative estimate of drug-likeness (QED) is 0.621. The molecule has 1 aromatic carbocycles. The van der Waals surface area contributed by atoms with Gasteiger partial charge in [-0.2, -0.15) is 5.10 Å². The number of nitrogens with one attached hydrogen (secondary N) is 1. The van der Waals surface area contributed by atoms with E-state index in [1.165, 1.54) is 11.1 Å². The molecule has 3 N–H and O–H groups in total. The van der Waals surface area contributed by atoms with Crippen LogP contribution < -0.4 is 11.3 Å². The summed E-state index contributed by atoms with van der Waals surface area (Å²) in [6.07, 6.45) is 2.76. The van der Waals surface area contributed by atoms with Gasteiger partial charge in [-0.05, 0) is 39.9 Å². The molecule has 1 atom stereocenters. The predicted molar refractivity (Wildman–Crippen MR) is 89.9 cm³/mol. The van der Waals surface area contributed by atoms with Gasteiger partial charge in [0.1, 0.15) is 0 Å². The minimum atomic E-state index is 0.0762. The zero-order valence-electron chi connectivity index (χ0n) is 12.9. The Balaban J connectivity index is 2.24. The second-order valence-corrected chi connectivity index (χ2v) is 6.00. The van der Waals surface area contributed by atoms with Crippen LogP contribution in [-0.2, 0) is 26.3 Å². The number of hydrogen-bond acceptors (Lipinski definition) is 3. The van der Waals surface area contributed by atoms with Crippen molar-refractivity contribution < 1.29 is 0 Å². The molecule has 21 heavy (non-hydrogen) atoms. The summed E-state index contributed by atoms with van der Waals surface area (Å²) in [4.78, 5) is 0. The van der Waals surface area contributed by atoms with Crippen LogP contribution in [0.1, 0.15) is 42.4 Å². The molecule has 0 aliphatic rings. The molecule has 1 unspecified atom stereocenters. The fourth-order valence-corrected chi connectivity index (χ4v) is 3.27. The molecule has 0 saturated carbocycles. The maximum absolute atomic E-state index is 5.77. The molecule has 0 aliphatic carbocycles. The van der Waals surface area contributed by atoms with Crippen LogP contribution in [0.3, 0.4) is 0 Å². The van der Waals surface area contributed by atoms with E-state index in [2.05, 4.69) is 64.6 Å². The lowest BCUT2D eigenvalue weighted by Crippen LogP contribution is -2.30. The van der Waals surface area contributed by atoms with E-state index in [-0.39, 0.29) is 6.04 Å². The highest BCUT2D eigenvalue weighted by molar-refractivity contribution is 9.10. The minimum Gasteiger partial charge on any atom is -0.271 e. The van der Waals surface area contributed by atoms with Gasteiger partial charge in [0.2, 0.25) is 0 Å². The summed E-state index contributed by atoms with van der Waals surface area (Å²) in [6.45, 7) is 4.27. The van der Waals surface area contributed by atoms with Gasteiger partial charge in [-0.3, -0.25) is 16.0 Å². The maximum atomic E-state index is 5.77. The molecule has 2 aromatic rings. The first-order valence-corrected chi connectivity index (χ1v) is 8.15. The molecule has 0 saturated heterocycles. The first-order valence-electron chi connectivity index (χ1n) is 7.35. The number of hydrogen-bond donors (Lipinski definition) is 2. The average molecular weight is 351 g/mol. The molecule has 0 bridgehead atoms. The Labute approximate surface area is 134 Å². The highest BCUT2D eigenvalue weighted by Gasteiger charge is 2.18. The van der Waals surface area contributed by atoms with Crippen LogP contribution in [0, 0.1) is 0 Å². The summed E-state index contributed by atoms with van der Waals surface area (Å²) in [5.41, 5.74) is 7.71. The van der Waals surface area contributed by atoms with Gasteiger partial charge >= 0.3 is 0 Å². The lowest BCUT2D eigenvalue weighted by molar-refractivity contribution is 0.529. The number of rotatable bonds is 6. The molecule has 0 spiro atoms. The summed E-state index contributed by atoms with van der Waals surface area (Å²) in [5.74, 6) is 5.77. The Bertz CT molecular complexity index is 589. The molecule has 114 valence electrons. The monoisotopic (exact) mass is 350 g/mol. The SMILES string of the molecule is CCc1ccc(C(Cc2c(Br)c(CC)nn2C)NN)cc1. The van der Waals surface area contributed by atoms with Crippen LogP contribution in [0.25, 0.3) is 0 Å². The molecular formula is C16H23BrN4. The van der Waals surface area contributed by atoms with E-state index in [0.29, 0.717) is 0 Å². The van der Waals surface area contributed by atoms with Crippen molar-refractivity contribution in [3.8, 4) is 0 Å². The van der Waals surface area contributed by atoms with Crippen molar-refractivity contribution in [2.75, 3.05) is 0 Å². The number of halogens is 1. The zero-order valence-corrected chi connectivity index (χ0v) is 14.4. The Hall–Kier alpha value is -1.17. The second kappa shape index (κ2) is 7.20. The molecule has 1 heterocycles. The van der Waals surface area contributed by atoms with E-state index < -0.39 is 0 Å². The molecule has 5 heteroatoms. The molecule has 0 fully saturated rings. The summed E-state index contributed by atoms with van der Waals surface area (Å²) >= 11 is 3.66. The Morgan fingerprint density at radius 3 is 2.38 bits per heavy atom. The number of nitrogens with zero attached hydrogens (tertiary/aromatic N) is 2.